The number of esters is 1. The van der Waals surface area contributed by atoms with Crippen molar-refractivity contribution in [1.82, 2.24) is 9.97 Å². The number of ether oxygens (including phenoxy) is 1. The molecule has 6 heteroatoms. The summed E-state index contributed by atoms with van der Waals surface area (Å²) in [6.45, 7) is 4.06. The van der Waals surface area contributed by atoms with E-state index >= 15 is 0 Å². The lowest BCUT2D eigenvalue weighted by Crippen LogP contribution is -2.05. The van der Waals surface area contributed by atoms with E-state index in [9.17, 15) is 4.79 Å². The van der Waals surface area contributed by atoms with Crippen molar-refractivity contribution in [3.8, 4) is 0 Å². The van der Waals surface area contributed by atoms with Gasteiger partial charge in [0, 0.05) is 11.6 Å². The van der Waals surface area contributed by atoms with Crippen molar-refractivity contribution >= 4 is 28.3 Å². The van der Waals surface area contributed by atoms with E-state index in [1.54, 1.807) is 19.1 Å². The van der Waals surface area contributed by atoms with Crippen LogP contribution in [-0.4, -0.2) is 22.5 Å². The summed E-state index contributed by atoms with van der Waals surface area (Å²) < 4.78 is 4.88. The maximum absolute atomic E-state index is 11.4. The van der Waals surface area contributed by atoms with E-state index in [1.807, 2.05) is 12.3 Å². The summed E-state index contributed by atoms with van der Waals surface area (Å²) in [5.74, 6) is 0.291. The Morgan fingerprint density at radius 1 is 1.50 bits per heavy atom. The molecule has 0 aliphatic heterocycles. The Morgan fingerprint density at radius 3 is 2.89 bits per heavy atom. The van der Waals surface area contributed by atoms with Crippen LogP contribution >= 0.6 is 11.3 Å². The molecule has 0 fully saturated rings. The lowest BCUT2D eigenvalue weighted by molar-refractivity contribution is 0.0526. The van der Waals surface area contributed by atoms with Gasteiger partial charge in [-0.25, -0.2) is 14.8 Å². The van der Waals surface area contributed by atoms with E-state index in [-0.39, 0.29) is 5.97 Å². The quantitative estimate of drug-likeness (QED) is 0.859. The first kappa shape index (κ1) is 12.5. The highest BCUT2D eigenvalue weighted by Gasteiger charge is 2.07. The Kier molecular flexibility index (Phi) is 3.88. The molecule has 0 spiro atoms. The molecule has 0 aromatic carbocycles. The number of rotatable bonds is 4. The minimum atomic E-state index is -0.360. The van der Waals surface area contributed by atoms with E-state index in [4.69, 9.17) is 4.74 Å². The van der Waals surface area contributed by atoms with Crippen molar-refractivity contribution in [1.29, 1.82) is 0 Å². The first-order valence-electron chi connectivity index (χ1n) is 5.51. The van der Waals surface area contributed by atoms with Crippen molar-refractivity contribution in [3.63, 3.8) is 0 Å². The molecular formula is C12H13N3O2S. The fourth-order valence-corrected chi connectivity index (χ4v) is 2.02. The highest BCUT2D eigenvalue weighted by molar-refractivity contribution is 7.13. The number of hydrogen-bond donors (Lipinski definition) is 1. The Hall–Kier alpha value is -1.95. The molecule has 0 amide bonds. The lowest BCUT2D eigenvalue weighted by atomic mass is 10.3. The fourth-order valence-electron chi connectivity index (χ4n) is 1.32. The molecule has 0 radical (unpaired) electrons. The van der Waals surface area contributed by atoms with E-state index in [0.29, 0.717) is 18.0 Å². The minimum absolute atomic E-state index is 0.358. The summed E-state index contributed by atoms with van der Waals surface area (Å²) in [5.41, 5.74) is 1.41. The van der Waals surface area contributed by atoms with Gasteiger partial charge in [-0.15, -0.1) is 11.3 Å². The maximum atomic E-state index is 11.4. The molecule has 0 aliphatic carbocycles. The predicted molar refractivity (Wildman–Crippen MR) is 70.3 cm³/mol. The summed E-state index contributed by atoms with van der Waals surface area (Å²) >= 11 is 1.51. The number of nitrogens with zero attached hydrogens (tertiary/aromatic N) is 2. The normalized spacial score (nSPS) is 10.1. The Morgan fingerprint density at radius 2 is 2.33 bits per heavy atom. The predicted octanol–water partition coefficient (Wildman–Crippen LogP) is 2.77. The lowest BCUT2D eigenvalue weighted by Gasteiger charge is -2.03. The van der Waals surface area contributed by atoms with Gasteiger partial charge in [0.1, 0.15) is 5.82 Å². The second kappa shape index (κ2) is 5.59. The summed E-state index contributed by atoms with van der Waals surface area (Å²) in [7, 11) is 0. The van der Waals surface area contributed by atoms with Crippen LogP contribution in [0.3, 0.4) is 0 Å². The SMILES string of the molecule is CCOC(=O)c1ccc(Nc2nc(C)cs2)nc1. The van der Waals surface area contributed by atoms with Gasteiger partial charge in [0.25, 0.3) is 0 Å². The molecule has 0 unspecified atom stereocenters. The number of nitrogens with one attached hydrogen (secondary N) is 1. The van der Waals surface area contributed by atoms with Crippen molar-refractivity contribution in [2.24, 2.45) is 0 Å². The molecule has 0 aliphatic rings. The van der Waals surface area contributed by atoms with Crippen molar-refractivity contribution in [2.75, 3.05) is 11.9 Å². The first-order chi connectivity index (χ1) is 8.69. The number of carbonyl (C=O) groups is 1. The largest absolute Gasteiger partial charge is 0.462 e. The zero-order valence-corrected chi connectivity index (χ0v) is 11.0. The third-order valence-corrected chi connectivity index (χ3v) is 3.00. The van der Waals surface area contributed by atoms with Gasteiger partial charge < -0.3 is 10.1 Å². The van der Waals surface area contributed by atoms with Gasteiger partial charge in [-0.2, -0.15) is 0 Å². The van der Waals surface area contributed by atoms with Crippen LogP contribution in [0.4, 0.5) is 10.9 Å². The zero-order valence-electron chi connectivity index (χ0n) is 10.1. The third kappa shape index (κ3) is 3.04. The van der Waals surface area contributed by atoms with Crippen LogP contribution in [0, 0.1) is 6.92 Å². The number of aromatic nitrogens is 2. The van der Waals surface area contributed by atoms with Crippen molar-refractivity contribution in [2.45, 2.75) is 13.8 Å². The van der Waals surface area contributed by atoms with Crippen LogP contribution in [0.15, 0.2) is 23.7 Å². The van der Waals surface area contributed by atoms with E-state index < -0.39 is 0 Å². The van der Waals surface area contributed by atoms with E-state index in [1.165, 1.54) is 17.5 Å². The second-order valence-corrected chi connectivity index (χ2v) is 4.43. The fraction of sp³-hybridized carbons (Fsp3) is 0.250. The molecule has 5 nitrogen and oxygen atoms in total. The zero-order chi connectivity index (χ0) is 13.0. The molecule has 2 aromatic rings. The van der Waals surface area contributed by atoms with Crippen LogP contribution in [-0.2, 0) is 4.74 Å². The van der Waals surface area contributed by atoms with E-state index in [0.717, 1.165) is 10.8 Å². The van der Waals surface area contributed by atoms with Gasteiger partial charge in [0.05, 0.1) is 17.9 Å². The maximum Gasteiger partial charge on any atom is 0.339 e. The smallest absolute Gasteiger partial charge is 0.339 e. The molecule has 2 heterocycles. The van der Waals surface area contributed by atoms with Crippen LogP contribution in [0.5, 0.6) is 0 Å². The standard InChI is InChI=1S/C12H13N3O2S/c1-3-17-11(16)9-4-5-10(13-6-9)15-12-14-8(2)7-18-12/h4-7H,3H2,1-2H3,(H,13,14,15). The molecule has 0 saturated carbocycles. The molecule has 0 atom stereocenters. The molecule has 1 N–H and O–H groups in total. The van der Waals surface area contributed by atoms with Gasteiger partial charge in [0.2, 0.25) is 0 Å². The van der Waals surface area contributed by atoms with Gasteiger partial charge in [-0.1, -0.05) is 0 Å². The van der Waals surface area contributed by atoms with Gasteiger partial charge >= 0.3 is 5.97 Å². The van der Waals surface area contributed by atoms with Crippen molar-refractivity contribution < 1.29 is 9.53 Å². The Bertz CT molecular complexity index is 537. The van der Waals surface area contributed by atoms with Gasteiger partial charge in [-0.3, -0.25) is 0 Å². The number of pyridine rings is 1. The molecule has 2 rings (SSSR count). The number of carbonyl (C=O) groups excluding carboxylic acids is 1. The molecule has 94 valence electrons. The monoisotopic (exact) mass is 263 g/mol. The van der Waals surface area contributed by atoms with Gasteiger partial charge in [0.15, 0.2) is 5.13 Å². The number of thiazole rings is 1. The average Bonchev–Trinajstić information content (AvgIpc) is 2.76. The average molecular weight is 263 g/mol. The third-order valence-electron chi connectivity index (χ3n) is 2.13. The highest BCUT2D eigenvalue weighted by atomic mass is 32.1. The highest BCUT2D eigenvalue weighted by Crippen LogP contribution is 2.19. The Balaban J connectivity index is 2.05. The topological polar surface area (TPSA) is 64.1 Å². The second-order valence-electron chi connectivity index (χ2n) is 3.57. The number of anilines is 2. The molecule has 2 aromatic heterocycles. The number of aryl methyl sites for hydroxylation is 1. The van der Waals surface area contributed by atoms with Crippen LogP contribution in [0.1, 0.15) is 23.0 Å². The molecular weight excluding hydrogens is 250 g/mol. The minimum Gasteiger partial charge on any atom is -0.462 e. The molecule has 0 saturated heterocycles. The summed E-state index contributed by atoms with van der Waals surface area (Å²) in [6.07, 6.45) is 1.49. The summed E-state index contributed by atoms with van der Waals surface area (Å²) in [5, 5.41) is 5.80. The van der Waals surface area contributed by atoms with Crippen LogP contribution in [0.2, 0.25) is 0 Å². The molecule has 0 bridgehead atoms. The van der Waals surface area contributed by atoms with E-state index in [2.05, 4.69) is 15.3 Å². The summed E-state index contributed by atoms with van der Waals surface area (Å²) in [4.78, 5) is 19.8. The number of hydrogen-bond acceptors (Lipinski definition) is 6. The molecule has 18 heavy (non-hydrogen) atoms. The van der Waals surface area contributed by atoms with Crippen LogP contribution < -0.4 is 5.32 Å². The van der Waals surface area contributed by atoms with Crippen LogP contribution in [0.25, 0.3) is 0 Å². The Labute approximate surface area is 109 Å². The summed E-state index contributed by atoms with van der Waals surface area (Å²) in [6, 6.07) is 3.40. The van der Waals surface area contributed by atoms with Gasteiger partial charge in [-0.05, 0) is 26.0 Å². The first-order valence-corrected chi connectivity index (χ1v) is 6.39. The van der Waals surface area contributed by atoms with Crippen molar-refractivity contribution in [3.05, 3.63) is 35.0 Å².